The molecule has 2 aliphatic rings. The highest BCUT2D eigenvalue weighted by atomic mass is 16.5. The Morgan fingerprint density at radius 3 is 2.46 bits per heavy atom. The zero-order chi connectivity index (χ0) is 20.1. The van der Waals surface area contributed by atoms with Gasteiger partial charge in [0.2, 0.25) is 11.8 Å². The van der Waals surface area contributed by atoms with Gasteiger partial charge in [-0.1, -0.05) is 20.8 Å². The van der Waals surface area contributed by atoms with Crippen LogP contribution in [0.25, 0.3) is 0 Å². The lowest BCUT2D eigenvalue weighted by Gasteiger charge is -2.30. The Morgan fingerprint density at radius 1 is 1.18 bits per heavy atom. The van der Waals surface area contributed by atoms with E-state index in [2.05, 4.69) is 10.3 Å². The van der Waals surface area contributed by atoms with Gasteiger partial charge in [-0.05, 0) is 25.7 Å². The maximum Gasteiger partial charge on any atom is 0.273 e. The van der Waals surface area contributed by atoms with Crippen LogP contribution in [-0.4, -0.2) is 60.2 Å². The first-order chi connectivity index (χ1) is 13.3. The predicted octanol–water partition coefficient (Wildman–Crippen LogP) is 2.14. The molecule has 0 aliphatic carbocycles. The van der Waals surface area contributed by atoms with Crippen molar-refractivity contribution in [3.05, 3.63) is 17.8 Å². The van der Waals surface area contributed by atoms with Gasteiger partial charge in [-0.2, -0.15) is 0 Å². The molecule has 0 bridgehead atoms. The number of hydrogen-bond donors (Lipinski definition) is 1. The average Bonchev–Trinajstić information content (AvgIpc) is 3.40. The zero-order valence-electron chi connectivity index (χ0n) is 17.0. The van der Waals surface area contributed by atoms with Gasteiger partial charge in [0.05, 0.1) is 18.8 Å². The molecule has 8 nitrogen and oxygen atoms in total. The fourth-order valence-corrected chi connectivity index (χ4v) is 3.48. The number of oxazole rings is 1. The number of aromatic nitrogens is 1. The van der Waals surface area contributed by atoms with Crippen LogP contribution in [-0.2, 0) is 20.8 Å². The summed E-state index contributed by atoms with van der Waals surface area (Å²) in [6.45, 7) is 8.32. The van der Waals surface area contributed by atoms with Gasteiger partial charge in [-0.15, -0.1) is 0 Å². The van der Waals surface area contributed by atoms with Crippen LogP contribution < -0.4 is 5.32 Å². The number of nitrogens with one attached hydrogen (secondary N) is 1. The van der Waals surface area contributed by atoms with Crippen LogP contribution in [0.3, 0.4) is 0 Å². The minimum atomic E-state index is -0.521. The van der Waals surface area contributed by atoms with E-state index in [0.29, 0.717) is 19.0 Å². The summed E-state index contributed by atoms with van der Waals surface area (Å²) in [5, 5.41) is 2.83. The van der Waals surface area contributed by atoms with Crippen molar-refractivity contribution in [3.8, 4) is 0 Å². The molecule has 0 spiro atoms. The second kappa shape index (κ2) is 9.05. The minimum absolute atomic E-state index is 0.00517. The largest absolute Gasteiger partial charge is 0.446 e. The molecule has 0 aromatic carbocycles. The Balaban J connectivity index is 1.60. The standard InChI is InChI=1S/C20H31N3O5/c1-20(2,3)19(25)23(11-15-7-5-9-27-15)12-17-22-16(13-28-17)18(24)21-10-14-6-4-8-26-14/h13-15H,4-12H2,1-3H3,(H,21,24)/t14-,15-/m0/s1. The molecule has 2 aliphatic heterocycles. The normalized spacial score (nSPS) is 22.4. The fraction of sp³-hybridized carbons (Fsp3) is 0.750. The van der Waals surface area contributed by atoms with Gasteiger partial charge in [-0.3, -0.25) is 9.59 Å². The zero-order valence-corrected chi connectivity index (χ0v) is 17.0. The van der Waals surface area contributed by atoms with E-state index in [1.165, 1.54) is 6.26 Å². The molecule has 8 heteroatoms. The molecule has 2 atom stereocenters. The number of carbonyl (C=O) groups is 2. The molecule has 0 saturated carbocycles. The van der Waals surface area contributed by atoms with Crippen LogP contribution in [0.2, 0.25) is 0 Å². The molecular weight excluding hydrogens is 362 g/mol. The molecule has 2 saturated heterocycles. The smallest absolute Gasteiger partial charge is 0.273 e. The first kappa shape index (κ1) is 20.8. The number of amides is 2. The van der Waals surface area contributed by atoms with Crippen molar-refractivity contribution in [2.45, 2.75) is 65.2 Å². The van der Waals surface area contributed by atoms with E-state index < -0.39 is 5.41 Å². The molecular formula is C20H31N3O5. The van der Waals surface area contributed by atoms with Gasteiger partial charge < -0.3 is 24.1 Å². The fourth-order valence-electron chi connectivity index (χ4n) is 3.48. The number of ether oxygens (including phenoxy) is 2. The number of carbonyl (C=O) groups excluding carboxylic acids is 2. The lowest BCUT2D eigenvalue weighted by Crippen LogP contribution is -2.43. The summed E-state index contributed by atoms with van der Waals surface area (Å²) < 4.78 is 16.7. The van der Waals surface area contributed by atoms with E-state index in [1.807, 2.05) is 20.8 Å². The third kappa shape index (κ3) is 5.54. The van der Waals surface area contributed by atoms with E-state index >= 15 is 0 Å². The summed E-state index contributed by atoms with van der Waals surface area (Å²) in [5.74, 6) is 0.0572. The quantitative estimate of drug-likeness (QED) is 0.763. The predicted molar refractivity (Wildman–Crippen MR) is 102 cm³/mol. The molecule has 0 unspecified atom stereocenters. The van der Waals surface area contributed by atoms with Gasteiger partial charge in [0.15, 0.2) is 5.69 Å². The third-order valence-electron chi connectivity index (χ3n) is 5.00. The summed E-state index contributed by atoms with van der Waals surface area (Å²) in [6.07, 6.45) is 5.38. The Hall–Kier alpha value is -1.93. The van der Waals surface area contributed by atoms with E-state index in [-0.39, 0.29) is 36.3 Å². The molecule has 28 heavy (non-hydrogen) atoms. The van der Waals surface area contributed by atoms with E-state index in [0.717, 1.165) is 38.9 Å². The lowest BCUT2D eigenvalue weighted by molar-refractivity contribution is -0.142. The first-order valence-electron chi connectivity index (χ1n) is 10.1. The van der Waals surface area contributed by atoms with Gasteiger partial charge in [0.1, 0.15) is 6.26 Å². The van der Waals surface area contributed by atoms with Crippen LogP contribution in [0, 0.1) is 5.41 Å². The highest BCUT2D eigenvalue weighted by molar-refractivity contribution is 5.91. The van der Waals surface area contributed by atoms with Gasteiger partial charge in [0.25, 0.3) is 5.91 Å². The van der Waals surface area contributed by atoms with Crippen molar-refractivity contribution in [3.63, 3.8) is 0 Å². The average molecular weight is 393 g/mol. The molecule has 2 fully saturated rings. The molecule has 3 rings (SSSR count). The van der Waals surface area contributed by atoms with Crippen molar-refractivity contribution in [1.82, 2.24) is 15.2 Å². The summed E-state index contributed by atoms with van der Waals surface area (Å²) in [6, 6.07) is 0. The van der Waals surface area contributed by atoms with Crippen LogP contribution >= 0.6 is 0 Å². The van der Waals surface area contributed by atoms with Crippen LogP contribution in [0.1, 0.15) is 62.8 Å². The third-order valence-corrected chi connectivity index (χ3v) is 5.00. The molecule has 0 radical (unpaired) electrons. The molecule has 2 amide bonds. The van der Waals surface area contributed by atoms with Crippen LogP contribution in [0.4, 0.5) is 0 Å². The Labute approximate surface area is 165 Å². The number of nitrogens with zero attached hydrogens (tertiary/aromatic N) is 2. The summed E-state index contributed by atoms with van der Waals surface area (Å²) in [7, 11) is 0. The summed E-state index contributed by atoms with van der Waals surface area (Å²) in [5.41, 5.74) is -0.305. The number of rotatable bonds is 7. The molecule has 1 N–H and O–H groups in total. The second-order valence-electron chi connectivity index (χ2n) is 8.54. The van der Waals surface area contributed by atoms with Gasteiger partial charge in [0, 0.05) is 31.7 Å². The van der Waals surface area contributed by atoms with Crippen LogP contribution in [0.15, 0.2) is 10.7 Å². The highest BCUT2D eigenvalue weighted by Gasteiger charge is 2.31. The van der Waals surface area contributed by atoms with Crippen molar-refractivity contribution in [2.24, 2.45) is 5.41 Å². The molecule has 156 valence electrons. The Kier molecular flexibility index (Phi) is 6.72. The lowest BCUT2D eigenvalue weighted by atomic mass is 9.94. The summed E-state index contributed by atoms with van der Waals surface area (Å²) in [4.78, 5) is 31.1. The van der Waals surface area contributed by atoms with Gasteiger partial charge >= 0.3 is 0 Å². The monoisotopic (exact) mass is 393 g/mol. The van der Waals surface area contributed by atoms with Crippen molar-refractivity contribution in [2.75, 3.05) is 26.3 Å². The van der Waals surface area contributed by atoms with E-state index in [4.69, 9.17) is 13.9 Å². The Bertz CT molecular complexity index is 670. The van der Waals surface area contributed by atoms with Crippen molar-refractivity contribution >= 4 is 11.8 Å². The van der Waals surface area contributed by atoms with Crippen LogP contribution in [0.5, 0.6) is 0 Å². The number of hydrogen-bond acceptors (Lipinski definition) is 6. The molecule has 1 aromatic heterocycles. The van der Waals surface area contributed by atoms with E-state index in [9.17, 15) is 9.59 Å². The van der Waals surface area contributed by atoms with Gasteiger partial charge in [-0.25, -0.2) is 4.98 Å². The second-order valence-corrected chi connectivity index (χ2v) is 8.54. The first-order valence-corrected chi connectivity index (χ1v) is 10.1. The summed E-state index contributed by atoms with van der Waals surface area (Å²) >= 11 is 0. The maximum absolute atomic E-state index is 12.9. The van der Waals surface area contributed by atoms with E-state index in [1.54, 1.807) is 4.90 Å². The molecule has 1 aromatic rings. The Morgan fingerprint density at radius 2 is 1.86 bits per heavy atom. The highest BCUT2D eigenvalue weighted by Crippen LogP contribution is 2.22. The minimum Gasteiger partial charge on any atom is -0.446 e. The topological polar surface area (TPSA) is 93.9 Å². The maximum atomic E-state index is 12.9. The molecule has 3 heterocycles. The SMILES string of the molecule is CC(C)(C)C(=O)N(Cc1nc(C(=O)NC[C@@H]2CCCO2)co1)C[C@@H]1CCCO1. The van der Waals surface area contributed by atoms with Crippen molar-refractivity contribution in [1.29, 1.82) is 0 Å². The van der Waals surface area contributed by atoms with Crippen molar-refractivity contribution < 1.29 is 23.5 Å².